The zero-order chi connectivity index (χ0) is 16.9. The van der Waals surface area contributed by atoms with Crippen LogP contribution in [0.25, 0.3) is 0 Å². The van der Waals surface area contributed by atoms with Crippen LogP contribution in [0.2, 0.25) is 0 Å². The van der Waals surface area contributed by atoms with Crippen LogP contribution in [0.5, 0.6) is 5.75 Å². The molecule has 0 amide bonds. The first-order chi connectivity index (χ1) is 12.3. The summed E-state index contributed by atoms with van der Waals surface area (Å²) in [5, 5.41) is 7.42. The number of hydrogen-bond acceptors (Lipinski definition) is 3. The van der Waals surface area contributed by atoms with E-state index < -0.39 is 0 Å². The minimum atomic E-state index is -0.246. The van der Waals surface area contributed by atoms with Crippen LogP contribution in [0.3, 0.4) is 0 Å². The van der Waals surface area contributed by atoms with Gasteiger partial charge in [0.15, 0.2) is 5.72 Å². The first kappa shape index (κ1) is 15.0. The summed E-state index contributed by atoms with van der Waals surface area (Å²) in [4.78, 5) is 0. The van der Waals surface area contributed by atoms with Gasteiger partial charge >= 0.3 is 0 Å². The third kappa shape index (κ3) is 2.37. The van der Waals surface area contributed by atoms with Crippen LogP contribution in [-0.2, 0) is 0 Å². The average molecular weight is 332 g/mol. The van der Waals surface area contributed by atoms with Gasteiger partial charge in [0.25, 0.3) is 0 Å². The number of fused-ring (bicyclic) bond motifs is 4. The van der Waals surface area contributed by atoms with Gasteiger partial charge in [-0.15, -0.1) is 0 Å². The molecule has 2 heterocycles. The Balaban J connectivity index is 1.59. The molecule has 1 aliphatic carbocycles. The number of hydrazone groups is 1. The van der Waals surface area contributed by atoms with Crippen molar-refractivity contribution in [3.63, 3.8) is 0 Å². The molecule has 1 fully saturated rings. The van der Waals surface area contributed by atoms with Crippen LogP contribution in [0.1, 0.15) is 61.3 Å². The molecule has 0 unspecified atom stereocenters. The lowest BCUT2D eigenvalue weighted by Crippen LogP contribution is -2.54. The number of nitrogens with zero attached hydrogens (tertiary/aromatic N) is 2. The number of rotatable bonds is 1. The van der Waals surface area contributed by atoms with E-state index in [0.29, 0.717) is 6.04 Å². The molecule has 1 saturated carbocycles. The van der Waals surface area contributed by atoms with Crippen molar-refractivity contribution in [1.29, 1.82) is 0 Å². The molecule has 0 saturated heterocycles. The van der Waals surface area contributed by atoms with Gasteiger partial charge in [0, 0.05) is 24.8 Å². The van der Waals surface area contributed by atoms with Crippen LogP contribution < -0.4 is 4.74 Å². The summed E-state index contributed by atoms with van der Waals surface area (Å²) >= 11 is 0. The Morgan fingerprint density at radius 1 is 1.00 bits per heavy atom. The molecule has 5 rings (SSSR count). The SMILES string of the molecule is Cc1ccc(C2=NN3[C@H](C2)c2ccccc2OC32CCCCC2)cc1. The molecule has 1 spiro atoms. The maximum Gasteiger partial charge on any atom is 0.198 e. The number of benzene rings is 2. The Morgan fingerprint density at radius 2 is 1.76 bits per heavy atom. The highest BCUT2D eigenvalue weighted by Gasteiger charge is 2.50. The number of para-hydroxylation sites is 1. The van der Waals surface area contributed by atoms with Gasteiger partial charge in [-0.3, -0.25) is 0 Å². The highest BCUT2D eigenvalue weighted by Crippen LogP contribution is 2.51. The Hall–Kier alpha value is -2.29. The van der Waals surface area contributed by atoms with Gasteiger partial charge in [0.05, 0.1) is 11.8 Å². The quantitative estimate of drug-likeness (QED) is 0.717. The smallest absolute Gasteiger partial charge is 0.198 e. The molecule has 3 nitrogen and oxygen atoms in total. The van der Waals surface area contributed by atoms with Crippen molar-refractivity contribution in [3.05, 3.63) is 65.2 Å². The summed E-state index contributed by atoms with van der Waals surface area (Å²) in [6.45, 7) is 2.13. The molecule has 0 N–H and O–H groups in total. The summed E-state index contributed by atoms with van der Waals surface area (Å²) in [6, 6.07) is 17.6. The fourth-order valence-electron chi connectivity index (χ4n) is 4.58. The molecule has 128 valence electrons. The fourth-order valence-corrected chi connectivity index (χ4v) is 4.58. The van der Waals surface area contributed by atoms with E-state index in [0.717, 1.165) is 25.0 Å². The molecule has 0 aromatic heterocycles. The second-order valence-corrected chi connectivity index (χ2v) is 7.62. The number of hydrogen-bond donors (Lipinski definition) is 0. The molecule has 3 aliphatic rings. The highest BCUT2D eigenvalue weighted by molar-refractivity contribution is 6.02. The molecule has 2 aromatic carbocycles. The summed E-state index contributed by atoms with van der Waals surface area (Å²) < 4.78 is 6.60. The van der Waals surface area contributed by atoms with Crippen molar-refractivity contribution in [3.8, 4) is 5.75 Å². The zero-order valence-electron chi connectivity index (χ0n) is 14.7. The summed E-state index contributed by atoms with van der Waals surface area (Å²) in [7, 11) is 0. The molecule has 25 heavy (non-hydrogen) atoms. The zero-order valence-corrected chi connectivity index (χ0v) is 14.7. The molecular formula is C22H24N2O. The largest absolute Gasteiger partial charge is 0.466 e. The molecule has 0 radical (unpaired) electrons. The van der Waals surface area contributed by atoms with Gasteiger partial charge in [0.2, 0.25) is 0 Å². The summed E-state index contributed by atoms with van der Waals surface area (Å²) in [5.74, 6) is 1.06. The van der Waals surface area contributed by atoms with E-state index in [2.05, 4.69) is 60.5 Å². The van der Waals surface area contributed by atoms with Crippen LogP contribution in [-0.4, -0.2) is 16.4 Å². The Labute approximate surface area is 149 Å². The molecule has 2 aliphatic heterocycles. The van der Waals surface area contributed by atoms with E-state index in [1.165, 1.54) is 41.7 Å². The third-order valence-electron chi connectivity index (χ3n) is 5.93. The van der Waals surface area contributed by atoms with Crippen molar-refractivity contribution < 1.29 is 4.74 Å². The maximum absolute atomic E-state index is 6.60. The monoisotopic (exact) mass is 332 g/mol. The molecular weight excluding hydrogens is 308 g/mol. The number of aryl methyl sites for hydroxylation is 1. The van der Waals surface area contributed by atoms with Crippen molar-refractivity contribution in [2.75, 3.05) is 0 Å². The minimum absolute atomic E-state index is 0.246. The fraction of sp³-hybridized carbons (Fsp3) is 0.409. The first-order valence-corrected chi connectivity index (χ1v) is 9.47. The predicted molar refractivity (Wildman–Crippen MR) is 99.8 cm³/mol. The van der Waals surface area contributed by atoms with E-state index in [9.17, 15) is 0 Å². The van der Waals surface area contributed by atoms with Gasteiger partial charge in [-0.25, -0.2) is 5.01 Å². The maximum atomic E-state index is 6.60. The van der Waals surface area contributed by atoms with Crippen molar-refractivity contribution in [2.24, 2.45) is 5.10 Å². The van der Waals surface area contributed by atoms with Crippen LogP contribution >= 0.6 is 0 Å². The van der Waals surface area contributed by atoms with Crippen LogP contribution in [0, 0.1) is 6.92 Å². The van der Waals surface area contributed by atoms with Gasteiger partial charge in [0.1, 0.15) is 5.75 Å². The average Bonchev–Trinajstić information content (AvgIpc) is 3.10. The summed E-state index contributed by atoms with van der Waals surface area (Å²) in [6.07, 6.45) is 6.86. The second kappa shape index (κ2) is 5.62. The normalized spacial score (nSPS) is 23.6. The van der Waals surface area contributed by atoms with E-state index in [-0.39, 0.29) is 5.72 Å². The second-order valence-electron chi connectivity index (χ2n) is 7.62. The van der Waals surface area contributed by atoms with E-state index in [1.54, 1.807) is 0 Å². The van der Waals surface area contributed by atoms with Crippen LogP contribution in [0.4, 0.5) is 0 Å². The summed E-state index contributed by atoms with van der Waals surface area (Å²) in [5.41, 5.74) is 4.75. The lowest BCUT2D eigenvalue weighted by molar-refractivity contribution is -0.140. The standard InChI is InChI=1S/C22H24N2O/c1-16-9-11-17(12-10-16)19-15-20-18-7-3-4-8-21(18)25-22(24(20)23-19)13-5-2-6-14-22/h3-4,7-12,20H,2,5-6,13-15H2,1H3/t20-/m1/s1. The Bertz CT molecular complexity index is 818. The topological polar surface area (TPSA) is 24.8 Å². The number of ether oxygens (including phenoxy) is 1. The molecule has 1 atom stereocenters. The van der Waals surface area contributed by atoms with Crippen molar-refractivity contribution in [1.82, 2.24) is 5.01 Å². The van der Waals surface area contributed by atoms with E-state index >= 15 is 0 Å². The lowest BCUT2D eigenvalue weighted by atomic mass is 9.86. The Morgan fingerprint density at radius 3 is 2.56 bits per heavy atom. The lowest BCUT2D eigenvalue weighted by Gasteiger charge is -2.49. The Kier molecular flexibility index (Phi) is 3.37. The van der Waals surface area contributed by atoms with Gasteiger partial charge in [-0.05, 0) is 31.4 Å². The molecule has 3 heteroatoms. The van der Waals surface area contributed by atoms with Gasteiger partial charge < -0.3 is 4.74 Å². The van der Waals surface area contributed by atoms with Gasteiger partial charge in [-0.1, -0.05) is 54.4 Å². The molecule has 2 aromatic rings. The van der Waals surface area contributed by atoms with Gasteiger partial charge in [-0.2, -0.15) is 5.10 Å². The van der Waals surface area contributed by atoms with Crippen LogP contribution in [0.15, 0.2) is 53.6 Å². The third-order valence-corrected chi connectivity index (χ3v) is 5.93. The van der Waals surface area contributed by atoms with Crippen molar-refractivity contribution >= 4 is 5.71 Å². The van der Waals surface area contributed by atoms with E-state index in [1.807, 2.05) is 0 Å². The van der Waals surface area contributed by atoms with E-state index in [4.69, 9.17) is 9.84 Å². The predicted octanol–water partition coefficient (Wildman–Crippen LogP) is 5.20. The molecule has 0 bridgehead atoms. The highest BCUT2D eigenvalue weighted by atomic mass is 16.5. The van der Waals surface area contributed by atoms with Crippen molar-refractivity contribution in [2.45, 2.75) is 57.2 Å². The minimum Gasteiger partial charge on any atom is -0.466 e. The first-order valence-electron chi connectivity index (χ1n) is 9.47.